The monoisotopic (exact) mass is 571 g/mol. The van der Waals surface area contributed by atoms with Crippen molar-refractivity contribution in [3.63, 3.8) is 0 Å². The van der Waals surface area contributed by atoms with Crippen molar-refractivity contribution in [3.8, 4) is 22.5 Å². The van der Waals surface area contributed by atoms with Crippen molar-refractivity contribution in [2.45, 2.75) is 33.1 Å². The van der Waals surface area contributed by atoms with Gasteiger partial charge in [-0.25, -0.2) is 0 Å². The number of rotatable bonds is 2. The molecule has 2 heterocycles. The van der Waals surface area contributed by atoms with Crippen molar-refractivity contribution < 1.29 is 20.1 Å². The first-order chi connectivity index (χ1) is 13.9. The molecule has 0 atom stereocenters. The van der Waals surface area contributed by atoms with Crippen LogP contribution in [0.25, 0.3) is 22.5 Å². The van der Waals surface area contributed by atoms with Gasteiger partial charge in [-0.15, -0.1) is 71.8 Å². The summed E-state index contributed by atoms with van der Waals surface area (Å²) in [4.78, 5) is 8.76. The molecule has 2 nitrogen and oxygen atoms in total. The molecule has 3 heteroatoms. The van der Waals surface area contributed by atoms with E-state index in [1.54, 1.807) is 6.20 Å². The third kappa shape index (κ3) is 6.45. The quantitative estimate of drug-likeness (QED) is 0.251. The van der Waals surface area contributed by atoms with Crippen LogP contribution in [0.3, 0.4) is 0 Å². The van der Waals surface area contributed by atoms with Gasteiger partial charge in [0.15, 0.2) is 0 Å². The van der Waals surface area contributed by atoms with Crippen LogP contribution in [0.15, 0.2) is 85.2 Å². The number of aromatic nitrogens is 2. The maximum atomic E-state index is 4.54. The van der Waals surface area contributed by atoms with Gasteiger partial charge in [-0.1, -0.05) is 44.5 Å². The van der Waals surface area contributed by atoms with Crippen molar-refractivity contribution in [1.82, 2.24) is 9.97 Å². The van der Waals surface area contributed by atoms with Crippen LogP contribution in [0.4, 0.5) is 0 Å². The molecule has 0 aliphatic rings. The molecule has 0 unspecified atom stereocenters. The molecule has 2 aromatic carbocycles. The Hall–Kier alpha value is -2.61. The van der Waals surface area contributed by atoms with Crippen LogP contribution >= 0.6 is 0 Å². The first-order valence-corrected chi connectivity index (χ1v) is 9.77. The molecule has 0 aliphatic heterocycles. The first kappa shape index (κ1) is 23.7. The van der Waals surface area contributed by atoms with Crippen molar-refractivity contribution in [3.05, 3.63) is 108 Å². The molecule has 0 aliphatic carbocycles. The minimum absolute atomic E-state index is 0. The molecular formula is C27H26IrN2-2. The molecule has 4 rings (SSSR count). The van der Waals surface area contributed by atoms with Gasteiger partial charge in [-0.2, -0.15) is 0 Å². The Morgan fingerprint density at radius 3 is 1.80 bits per heavy atom. The Bertz CT molecular complexity index is 987. The topological polar surface area (TPSA) is 25.8 Å². The first-order valence-electron chi connectivity index (χ1n) is 9.77. The molecule has 0 bridgehead atoms. The van der Waals surface area contributed by atoms with E-state index in [1.165, 1.54) is 11.1 Å². The fourth-order valence-electron chi connectivity index (χ4n) is 3.12. The van der Waals surface area contributed by atoms with Gasteiger partial charge in [0.05, 0.1) is 0 Å². The average molecular weight is 571 g/mol. The van der Waals surface area contributed by atoms with Gasteiger partial charge in [0.1, 0.15) is 0 Å². The van der Waals surface area contributed by atoms with Gasteiger partial charge in [-0.3, -0.25) is 0 Å². The minimum atomic E-state index is 0. The van der Waals surface area contributed by atoms with Crippen LogP contribution in [0.5, 0.6) is 0 Å². The Balaban J connectivity index is 0.000000218. The van der Waals surface area contributed by atoms with E-state index >= 15 is 0 Å². The molecule has 1 radical (unpaired) electrons. The van der Waals surface area contributed by atoms with Gasteiger partial charge in [0.25, 0.3) is 0 Å². The fraction of sp³-hybridized carbons (Fsp3) is 0.185. The molecule has 0 saturated carbocycles. The van der Waals surface area contributed by atoms with E-state index in [4.69, 9.17) is 0 Å². The smallest absolute Gasteiger partial charge is 0.0200 e. The van der Waals surface area contributed by atoms with E-state index in [0.29, 0.717) is 0 Å². The summed E-state index contributed by atoms with van der Waals surface area (Å²) < 4.78 is 0. The van der Waals surface area contributed by atoms with Crippen LogP contribution in [0.1, 0.15) is 31.9 Å². The minimum Gasteiger partial charge on any atom is -0.305 e. The van der Waals surface area contributed by atoms with Crippen LogP contribution in [0, 0.1) is 19.1 Å². The van der Waals surface area contributed by atoms with Crippen molar-refractivity contribution >= 4 is 0 Å². The molecule has 4 aromatic rings. The largest absolute Gasteiger partial charge is 0.305 e. The zero-order chi connectivity index (χ0) is 20.7. The normalized spacial score (nSPS) is 10.4. The van der Waals surface area contributed by atoms with Crippen molar-refractivity contribution in [1.29, 1.82) is 0 Å². The molecule has 0 amide bonds. The number of nitrogens with zero attached hydrogens (tertiary/aromatic N) is 2. The fourth-order valence-corrected chi connectivity index (χ4v) is 3.12. The maximum absolute atomic E-state index is 4.54. The van der Waals surface area contributed by atoms with Gasteiger partial charge >= 0.3 is 0 Å². The Kier molecular flexibility index (Phi) is 8.65. The van der Waals surface area contributed by atoms with Gasteiger partial charge in [0, 0.05) is 32.5 Å². The summed E-state index contributed by atoms with van der Waals surface area (Å²) in [6.45, 7) is 8.79. The second-order valence-corrected chi connectivity index (χ2v) is 7.90. The zero-order valence-electron chi connectivity index (χ0n) is 17.8. The van der Waals surface area contributed by atoms with Gasteiger partial charge in [-0.05, 0) is 35.4 Å². The standard InChI is InChI=1S/C16H18N.C11H8N.Ir/c1-12-10-15(13-8-6-5-7-9-13)17-11-14(12)16(2,3)4;1-2-6-10(7-3-1)11-8-4-5-9-12-11;/h5-8,10-11H,1-4H3;1-6,8-9H;/q2*-1;. The summed E-state index contributed by atoms with van der Waals surface area (Å²) in [7, 11) is 0. The molecule has 2 aromatic heterocycles. The number of hydrogen-bond donors (Lipinski definition) is 0. The summed E-state index contributed by atoms with van der Waals surface area (Å²) in [5.74, 6) is 0. The number of benzene rings is 2. The van der Waals surface area contributed by atoms with Crippen LogP contribution < -0.4 is 0 Å². The van der Waals surface area contributed by atoms with E-state index in [0.717, 1.165) is 22.5 Å². The molecule has 0 spiro atoms. The van der Waals surface area contributed by atoms with E-state index in [9.17, 15) is 0 Å². The molecule has 30 heavy (non-hydrogen) atoms. The van der Waals surface area contributed by atoms with Crippen molar-refractivity contribution in [2.75, 3.05) is 0 Å². The molecule has 155 valence electrons. The molecular weight excluding hydrogens is 545 g/mol. The number of aryl methyl sites for hydroxylation is 1. The van der Waals surface area contributed by atoms with Crippen LogP contribution in [-0.2, 0) is 25.5 Å². The Morgan fingerprint density at radius 2 is 1.33 bits per heavy atom. The molecule has 0 N–H and O–H groups in total. The van der Waals surface area contributed by atoms with Crippen LogP contribution in [0.2, 0.25) is 0 Å². The second-order valence-electron chi connectivity index (χ2n) is 7.90. The SMILES string of the molecule is Cc1cc(-c2[c-]cccc2)ncc1C(C)(C)C.[Ir].[c-]1ccccc1-c1ccccn1. The Morgan fingerprint density at radius 1 is 0.733 bits per heavy atom. The van der Waals surface area contributed by atoms with Crippen molar-refractivity contribution in [2.24, 2.45) is 0 Å². The summed E-state index contributed by atoms with van der Waals surface area (Å²) in [6.07, 6.45) is 3.78. The van der Waals surface area contributed by atoms with Crippen LogP contribution in [-0.4, -0.2) is 9.97 Å². The second kappa shape index (κ2) is 11.0. The zero-order valence-corrected chi connectivity index (χ0v) is 20.2. The summed E-state index contributed by atoms with van der Waals surface area (Å²) in [5.41, 5.74) is 6.80. The van der Waals surface area contributed by atoms with E-state index in [1.807, 2.05) is 72.9 Å². The summed E-state index contributed by atoms with van der Waals surface area (Å²) >= 11 is 0. The predicted molar refractivity (Wildman–Crippen MR) is 120 cm³/mol. The number of pyridine rings is 2. The summed E-state index contributed by atoms with van der Waals surface area (Å²) in [5, 5.41) is 0. The molecule has 0 saturated heterocycles. The van der Waals surface area contributed by atoms with E-state index in [-0.39, 0.29) is 25.5 Å². The van der Waals surface area contributed by atoms with E-state index < -0.39 is 0 Å². The molecule has 0 fully saturated rings. The van der Waals surface area contributed by atoms with E-state index in [2.05, 4.69) is 55.9 Å². The third-order valence-corrected chi connectivity index (χ3v) is 4.55. The van der Waals surface area contributed by atoms with Gasteiger partial charge < -0.3 is 9.97 Å². The van der Waals surface area contributed by atoms with Gasteiger partial charge in [0.2, 0.25) is 0 Å². The maximum Gasteiger partial charge on any atom is 0.0200 e. The number of hydrogen-bond acceptors (Lipinski definition) is 2. The Labute approximate surface area is 193 Å². The summed E-state index contributed by atoms with van der Waals surface area (Å²) in [6, 6.07) is 30.1. The third-order valence-electron chi connectivity index (χ3n) is 4.55. The predicted octanol–water partition coefficient (Wildman–Crippen LogP) is 6.70. The average Bonchev–Trinajstić information content (AvgIpc) is 2.75.